The summed E-state index contributed by atoms with van der Waals surface area (Å²) in [4.78, 5) is 10.3. The molecule has 8 nitrogen and oxygen atoms in total. The minimum absolute atomic E-state index is 0.0102. The molecule has 116 valence electrons. The lowest BCUT2D eigenvalue weighted by Crippen LogP contribution is -2.29. The van der Waals surface area contributed by atoms with Gasteiger partial charge >= 0.3 is 0 Å². The van der Waals surface area contributed by atoms with Crippen LogP contribution in [0.2, 0.25) is 0 Å². The largest absolute Gasteiger partial charge is 0.396 e. The van der Waals surface area contributed by atoms with Gasteiger partial charge in [-0.2, -0.15) is 4.31 Å². The topological polar surface area (TPSA) is 113 Å². The van der Waals surface area contributed by atoms with Gasteiger partial charge in [-0.25, -0.2) is 8.42 Å². The number of benzene rings is 1. The number of hydrogen-bond acceptors (Lipinski definition) is 6. The highest BCUT2D eigenvalue weighted by atomic mass is 32.2. The van der Waals surface area contributed by atoms with Gasteiger partial charge in [0, 0.05) is 32.8 Å². The van der Waals surface area contributed by atoms with E-state index >= 15 is 0 Å². The van der Waals surface area contributed by atoms with Crippen molar-refractivity contribution in [2.75, 3.05) is 32.1 Å². The number of rotatable bonds is 5. The minimum Gasteiger partial charge on any atom is -0.396 e. The Hall–Kier alpha value is -1.71. The number of sulfonamides is 1. The molecule has 1 aromatic carbocycles. The lowest BCUT2D eigenvalue weighted by atomic mass is 10.1. The van der Waals surface area contributed by atoms with Gasteiger partial charge in [-0.1, -0.05) is 0 Å². The van der Waals surface area contributed by atoms with Crippen molar-refractivity contribution < 1.29 is 18.4 Å². The fraction of sp³-hybridized carbons (Fsp3) is 0.500. The summed E-state index contributed by atoms with van der Waals surface area (Å²) in [6.45, 7) is 0.568. The second-order valence-electron chi connectivity index (χ2n) is 4.89. The zero-order chi connectivity index (χ0) is 15.6. The summed E-state index contributed by atoms with van der Waals surface area (Å²) >= 11 is 0. The zero-order valence-corrected chi connectivity index (χ0v) is 12.3. The molecule has 1 aliphatic rings. The van der Waals surface area contributed by atoms with Crippen molar-refractivity contribution in [2.24, 2.45) is 5.92 Å². The molecule has 2 N–H and O–H groups in total. The maximum absolute atomic E-state index is 12.5. The molecular weight excluding hydrogens is 298 g/mol. The van der Waals surface area contributed by atoms with E-state index in [2.05, 4.69) is 5.32 Å². The van der Waals surface area contributed by atoms with Gasteiger partial charge in [0.1, 0.15) is 5.69 Å². The van der Waals surface area contributed by atoms with Gasteiger partial charge in [-0.15, -0.1) is 0 Å². The fourth-order valence-electron chi connectivity index (χ4n) is 2.35. The molecule has 1 aliphatic heterocycles. The molecule has 0 aromatic heterocycles. The molecule has 1 aromatic rings. The molecule has 21 heavy (non-hydrogen) atoms. The summed E-state index contributed by atoms with van der Waals surface area (Å²) in [6, 6.07) is 3.68. The Bertz CT molecular complexity index is 646. The van der Waals surface area contributed by atoms with Crippen LogP contribution in [0.15, 0.2) is 23.1 Å². The second-order valence-corrected chi connectivity index (χ2v) is 6.82. The highest BCUT2D eigenvalue weighted by Gasteiger charge is 2.33. The number of anilines is 1. The smallest absolute Gasteiger partial charge is 0.292 e. The van der Waals surface area contributed by atoms with Crippen molar-refractivity contribution in [2.45, 2.75) is 11.3 Å². The van der Waals surface area contributed by atoms with Crippen LogP contribution in [0.1, 0.15) is 6.42 Å². The van der Waals surface area contributed by atoms with E-state index in [9.17, 15) is 18.5 Å². The van der Waals surface area contributed by atoms with Crippen LogP contribution in [0.4, 0.5) is 11.4 Å². The van der Waals surface area contributed by atoms with E-state index in [0.717, 1.165) is 0 Å². The van der Waals surface area contributed by atoms with E-state index in [1.165, 1.54) is 29.6 Å². The average molecular weight is 315 g/mol. The summed E-state index contributed by atoms with van der Waals surface area (Å²) in [5.41, 5.74) is -0.0231. The lowest BCUT2D eigenvalue weighted by Gasteiger charge is -2.16. The molecule has 1 atom stereocenters. The minimum atomic E-state index is -3.70. The zero-order valence-electron chi connectivity index (χ0n) is 11.5. The van der Waals surface area contributed by atoms with E-state index in [1.807, 2.05) is 0 Å². The fourth-order valence-corrected chi connectivity index (χ4v) is 3.91. The highest BCUT2D eigenvalue weighted by Crippen LogP contribution is 2.30. The lowest BCUT2D eigenvalue weighted by molar-refractivity contribution is -0.384. The first-order valence-corrected chi connectivity index (χ1v) is 7.91. The Labute approximate surface area is 122 Å². The van der Waals surface area contributed by atoms with Gasteiger partial charge in [0.05, 0.1) is 9.82 Å². The van der Waals surface area contributed by atoms with Crippen LogP contribution in [-0.2, 0) is 10.0 Å². The molecule has 1 heterocycles. The molecule has 0 amide bonds. The maximum atomic E-state index is 12.5. The summed E-state index contributed by atoms with van der Waals surface area (Å²) in [5.74, 6) is -0.0541. The Morgan fingerprint density at radius 2 is 2.24 bits per heavy atom. The number of nitro benzene ring substituents is 1. The number of aliphatic hydroxyl groups is 1. The molecule has 0 spiro atoms. The van der Waals surface area contributed by atoms with Crippen molar-refractivity contribution in [1.82, 2.24) is 4.31 Å². The van der Waals surface area contributed by atoms with Crippen molar-refractivity contribution in [3.05, 3.63) is 28.3 Å². The monoisotopic (exact) mass is 315 g/mol. The summed E-state index contributed by atoms with van der Waals surface area (Å²) in [6.07, 6.45) is 0.613. The first-order valence-electron chi connectivity index (χ1n) is 6.47. The molecule has 2 rings (SSSR count). The molecule has 0 radical (unpaired) electrons. The van der Waals surface area contributed by atoms with E-state index in [-0.39, 0.29) is 35.3 Å². The van der Waals surface area contributed by atoms with Crippen LogP contribution in [0, 0.1) is 16.0 Å². The van der Waals surface area contributed by atoms with Gasteiger partial charge in [-0.3, -0.25) is 10.1 Å². The molecule has 0 aliphatic carbocycles. The first kappa shape index (κ1) is 15.7. The Morgan fingerprint density at radius 1 is 1.52 bits per heavy atom. The van der Waals surface area contributed by atoms with Crippen LogP contribution in [-0.4, -0.2) is 49.5 Å². The third kappa shape index (κ3) is 2.99. The first-order chi connectivity index (χ1) is 9.90. The van der Waals surface area contributed by atoms with Gasteiger partial charge in [-0.05, 0) is 24.5 Å². The van der Waals surface area contributed by atoms with Crippen LogP contribution in [0.5, 0.6) is 0 Å². The average Bonchev–Trinajstić information content (AvgIpc) is 2.96. The molecule has 0 bridgehead atoms. The number of nitrogens with zero attached hydrogens (tertiary/aromatic N) is 2. The Morgan fingerprint density at radius 3 is 2.76 bits per heavy atom. The Balaban J connectivity index is 2.35. The number of aliphatic hydroxyl groups excluding tert-OH is 1. The maximum Gasteiger partial charge on any atom is 0.292 e. The van der Waals surface area contributed by atoms with Crippen molar-refractivity contribution in [3.63, 3.8) is 0 Å². The number of nitro groups is 1. The van der Waals surface area contributed by atoms with E-state index in [1.54, 1.807) is 0 Å². The third-order valence-electron chi connectivity index (χ3n) is 3.58. The van der Waals surface area contributed by atoms with Gasteiger partial charge in [0.2, 0.25) is 10.0 Å². The quantitative estimate of drug-likeness (QED) is 0.609. The summed E-state index contributed by atoms with van der Waals surface area (Å²) in [7, 11) is -2.20. The third-order valence-corrected chi connectivity index (χ3v) is 5.44. The van der Waals surface area contributed by atoms with E-state index < -0.39 is 14.9 Å². The summed E-state index contributed by atoms with van der Waals surface area (Å²) < 4.78 is 26.3. The van der Waals surface area contributed by atoms with Crippen LogP contribution >= 0.6 is 0 Å². The predicted molar refractivity (Wildman–Crippen MR) is 76.6 cm³/mol. The van der Waals surface area contributed by atoms with Crippen LogP contribution in [0.25, 0.3) is 0 Å². The second kappa shape index (κ2) is 5.96. The molecule has 1 fully saturated rings. The molecule has 9 heteroatoms. The molecule has 0 saturated carbocycles. The highest BCUT2D eigenvalue weighted by molar-refractivity contribution is 7.89. The standard InChI is InChI=1S/C12H17N3O5S/c1-13-11-6-10(2-3-12(11)15(17)18)21(19,20)14-5-4-9(7-14)8-16/h2-3,6,9,13,16H,4-5,7-8H2,1H3. The van der Waals surface area contributed by atoms with Gasteiger partial charge in [0.15, 0.2) is 0 Å². The predicted octanol–water partition coefficient (Wildman–Crippen LogP) is 0.639. The Kier molecular flexibility index (Phi) is 4.45. The molecule has 1 unspecified atom stereocenters. The SMILES string of the molecule is CNc1cc(S(=O)(=O)N2CCC(CO)C2)ccc1[N+](=O)[O-]. The normalized spacial score (nSPS) is 19.6. The summed E-state index contributed by atoms with van der Waals surface area (Å²) in [5, 5.41) is 22.6. The van der Waals surface area contributed by atoms with E-state index in [4.69, 9.17) is 5.11 Å². The van der Waals surface area contributed by atoms with Crippen molar-refractivity contribution >= 4 is 21.4 Å². The van der Waals surface area contributed by atoms with E-state index in [0.29, 0.717) is 13.0 Å². The molecule has 1 saturated heterocycles. The van der Waals surface area contributed by atoms with Crippen molar-refractivity contribution in [1.29, 1.82) is 0 Å². The number of hydrogen-bond donors (Lipinski definition) is 2. The number of nitrogens with one attached hydrogen (secondary N) is 1. The van der Waals surface area contributed by atoms with Gasteiger partial charge < -0.3 is 10.4 Å². The van der Waals surface area contributed by atoms with Gasteiger partial charge in [0.25, 0.3) is 5.69 Å². The van der Waals surface area contributed by atoms with Crippen LogP contribution < -0.4 is 5.32 Å². The van der Waals surface area contributed by atoms with Crippen LogP contribution in [0.3, 0.4) is 0 Å². The van der Waals surface area contributed by atoms with Crippen molar-refractivity contribution in [3.8, 4) is 0 Å². The molecular formula is C12H17N3O5S.